The molecule has 0 aromatic carbocycles. The van der Waals surface area contributed by atoms with Crippen molar-refractivity contribution in [1.29, 1.82) is 0 Å². The minimum absolute atomic E-state index is 0.553. The maximum Gasteiger partial charge on any atom is -0.00105 e. The van der Waals surface area contributed by atoms with Crippen LogP contribution >= 0.6 is 23.5 Å². The van der Waals surface area contributed by atoms with Gasteiger partial charge in [-0.1, -0.05) is 55.4 Å². The van der Waals surface area contributed by atoms with Gasteiger partial charge in [0.25, 0.3) is 0 Å². The Bertz CT molecular complexity index is 229. The molecule has 2 heterocycles. The molecule has 2 rings (SSSR count). The lowest BCUT2D eigenvalue weighted by molar-refractivity contribution is 0.184. The number of thioether (sulfide) groups is 2. The van der Waals surface area contributed by atoms with Crippen molar-refractivity contribution in [2.24, 2.45) is 21.7 Å². The van der Waals surface area contributed by atoms with Gasteiger partial charge in [-0.3, -0.25) is 0 Å². The van der Waals surface area contributed by atoms with Gasteiger partial charge in [0.05, 0.1) is 0 Å². The van der Waals surface area contributed by atoms with E-state index < -0.39 is 0 Å². The van der Waals surface area contributed by atoms with Crippen molar-refractivity contribution >= 4 is 23.5 Å². The Hall–Kier alpha value is 0.700. The monoisotopic (exact) mass is 288 g/mol. The molecule has 2 aliphatic rings. The van der Waals surface area contributed by atoms with Crippen LogP contribution in [0.3, 0.4) is 0 Å². The highest BCUT2D eigenvalue weighted by atomic mass is 32.2. The molecule has 18 heavy (non-hydrogen) atoms. The van der Waals surface area contributed by atoms with Gasteiger partial charge in [-0.05, 0) is 44.7 Å². The van der Waals surface area contributed by atoms with E-state index in [1.54, 1.807) is 0 Å². The van der Waals surface area contributed by atoms with Crippen LogP contribution in [0.5, 0.6) is 0 Å². The molecule has 0 aromatic heterocycles. The van der Waals surface area contributed by atoms with E-state index in [1.165, 1.54) is 23.0 Å². The fourth-order valence-electron chi connectivity index (χ4n) is 1.90. The van der Waals surface area contributed by atoms with Gasteiger partial charge < -0.3 is 0 Å². The molecular formula is C16H32S2. The Morgan fingerprint density at radius 1 is 0.444 bits per heavy atom. The zero-order chi connectivity index (χ0) is 14.2. The number of hydrogen-bond acceptors (Lipinski definition) is 2. The summed E-state index contributed by atoms with van der Waals surface area (Å²) < 4.78 is 0. The maximum atomic E-state index is 2.37. The van der Waals surface area contributed by atoms with Crippen LogP contribution in [0.25, 0.3) is 0 Å². The Morgan fingerprint density at radius 3 is 0.667 bits per heavy atom. The fraction of sp³-hybridized carbons (Fsp3) is 1.00. The van der Waals surface area contributed by atoms with E-state index in [2.05, 4.69) is 78.9 Å². The smallest absolute Gasteiger partial charge is 0.00105 e. The van der Waals surface area contributed by atoms with Crippen molar-refractivity contribution in [2.75, 3.05) is 23.0 Å². The van der Waals surface area contributed by atoms with E-state index in [9.17, 15) is 0 Å². The first-order valence-corrected chi connectivity index (χ1v) is 9.38. The van der Waals surface area contributed by atoms with E-state index >= 15 is 0 Å². The zero-order valence-electron chi connectivity index (χ0n) is 13.6. The van der Waals surface area contributed by atoms with Crippen LogP contribution in [-0.4, -0.2) is 23.0 Å². The summed E-state index contributed by atoms with van der Waals surface area (Å²) in [5, 5.41) is 0. The van der Waals surface area contributed by atoms with Crippen molar-refractivity contribution in [3.63, 3.8) is 0 Å². The summed E-state index contributed by atoms with van der Waals surface area (Å²) >= 11 is 4.18. The molecule has 108 valence electrons. The molecule has 0 aliphatic carbocycles. The Morgan fingerprint density at radius 2 is 0.611 bits per heavy atom. The molecule has 0 nitrogen and oxygen atoms in total. The molecule has 0 radical (unpaired) electrons. The fourth-order valence-corrected chi connectivity index (χ4v) is 5.71. The van der Waals surface area contributed by atoms with Gasteiger partial charge in [-0.15, -0.1) is 0 Å². The summed E-state index contributed by atoms with van der Waals surface area (Å²) in [5.41, 5.74) is 2.21. The first-order chi connectivity index (χ1) is 7.91. The van der Waals surface area contributed by atoms with E-state index in [0.29, 0.717) is 21.7 Å². The van der Waals surface area contributed by atoms with Crippen LogP contribution < -0.4 is 0 Å². The lowest BCUT2D eigenvalue weighted by Gasteiger charge is -2.33. The molecule has 0 saturated carbocycles. The zero-order valence-corrected chi connectivity index (χ0v) is 15.3. The van der Waals surface area contributed by atoms with Crippen molar-refractivity contribution in [2.45, 2.75) is 55.4 Å². The van der Waals surface area contributed by atoms with E-state index in [-0.39, 0.29) is 0 Å². The molecule has 2 heteroatoms. The number of hydrogen-bond donors (Lipinski definition) is 0. The van der Waals surface area contributed by atoms with Crippen molar-refractivity contribution in [3.05, 3.63) is 0 Å². The highest BCUT2D eigenvalue weighted by Gasteiger charge is 2.42. The summed E-state index contributed by atoms with van der Waals surface area (Å²) in [4.78, 5) is 0. The van der Waals surface area contributed by atoms with E-state index in [4.69, 9.17) is 0 Å². The summed E-state index contributed by atoms with van der Waals surface area (Å²) in [6.45, 7) is 18.9. The highest BCUT2D eigenvalue weighted by Crippen LogP contribution is 2.49. The van der Waals surface area contributed by atoms with E-state index in [1.807, 2.05) is 0 Å². The van der Waals surface area contributed by atoms with Crippen molar-refractivity contribution < 1.29 is 0 Å². The Kier molecular flexibility index (Phi) is 4.87. The maximum absolute atomic E-state index is 2.37. The van der Waals surface area contributed by atoms with Gasteiger partial charge in [-0.2, -0.15) is 23.5 Å². The minimum Gasteiger partial charge on any atom is -0.161 e. The quantitative estimate of drug-likeness (QED) is 0.571. The van der Waals surface area contributed by atoms with Gasteiger partial charge in [0, 0.05) is 0 Å². The molecule has 0 spiro atoms. The lowest BCUT2D eigenvalue weighted by Crippen LogP contribution is -2.30. The van der Waals surface area contributed by atoms with Gasteiger partial charge in [0.15, 0.2) is 0 Å². The second-order valence-corrected chi connectivity index (χ2v) is 10.5. The normalized spacial score (nSPS) is 30.7. The average Bonchev–Trinajstić information content (AvgIpc) is 2.51. The minimum atomic E-state index is 0.553. The largest absolute Gasteiger partial charge is 0.161 e. The Labute approximate surface area is 123 Å². The average molecular weight is 289 g/mol. The first-order valence-electron chi connectivity index (χ1n) is 7.07. The van der Waals surface area contributed by atoms with Gasteiger partial charge >= 0.3 is 0 Å². The molecule has 2 fully saturated rings. The van der Waals surface area contributed by atoms with Crippen LogP contribution in [0.15, 0.2) is 0 Å². The number of rotatable bonds is 0. The van der Waals surface area contributed by atoms with Gasteiger partial charge in [0.2, 0.25) is 0 Å². The van der Waals surface area contributed by atoms with Crippen LogP contribution in [0.2, 0.25) is 0 Å². The molecule has 0 bridgehead atoms. The molecular weight excluding hydrogens is 256 g/mol. The van der Waals surface area contributed by atoms with E-state index in [0.717, 1.165) is 0 Å². The van der Waals surface area contributed by atoms with Crippen LogP contribution in [0.4, 0.5) is 0 Å². The molecule has 0 aromatic rings. The topological polar surface area (TPSA) is 0 Å². The Balaban J connectivity index is 0.000000180. The predicted molar refractivity (Wildman–Crippen MR) is 89.8 cm³/mol. The van der Waals surface area contributed by atoms with Crippen LogP contribution in [0, 0.1) is 21.7 Å². The summed E-state index contributed by atoms with van der Waals surface area (Å²) in [5.74, 6) is 5.33. The second-order valence-electron chi connectivity index (χ2n) is 8.52. The predicted octanol–water partition coefficient (Wildman–Crippen LogP) is 5.57. The summed E-state index contributed by atoms with van der Waals surface area (Å²) in [6.07, 6.45) is 0. The summed E-state index contributed by atoms with van der Waals surface area (Å²) in [6, 6.07) is 0. The molecule has 0 atom stereocenters. The van der Waals surface area contributed by atoms with Crippen molar-refractivity contribution in [1.82, 2.24) is 0 Å². The SMILES string of the molecule is CC1(C)CSCC1(C)C.CC1(C)CSCC1(C)C. The van der Waals surface area contributed by atoms with Crippen LogP contribution in [0.1, 0.15) is 55.4 Å². The third kappa shape index (κ3) is 3.42. The molecule has 2 aliphatic heterocycles. The first kappa shape index (κ1) is 16.8. The lowest BCUT2D eigenvalue weighted by atomic mass is 9.71. The molecule has 0 unspecified atom stereocenters. The molecule has 0 N–H and O–H groups in total. The van der Waals surface area contributed by atoms with Crippen LogP contribution in [-0.2, 0) is 0 Å². The second kappa shape index (κ2) is 5.24. The van der Waals surface area contributed by atoms with Gasteiger partial charge in [0.1, 0.15) is 0 Å². The van der Waals surface area contributed by atoms with Crippen molar-refractivity contribution in [3.8, 4) is 0 Å². The summed E-state index contributed by atoms with van der Waals surface area (Å²) in [7, 11) is 0. The molecule has 2 saturated heterocycles. The standard InChI is InChI=1S/2C8H16S/c2*1-7(2)5-9-6-8(7,3)4/h2*5-6H2,1-4H3. The highest BCUT2D eigenvalue weighted by molar-refractivity contribution is 7.99. The third-order valence-corrected chi connectivity index (χ3v) is 9.22. The molecule has 0 amide bonds. The third-order valence-electron chi connectivity index (χ3n) is 5.52. The van der Waals surface area contributed by atoms with Gasteiger partial charge in [-0.25, -0.2) is 0 Å².